The van der Waals surface area contributed by atoms with Crippen molar-refractivity contribution in [3.63, 3.8) is 0 Å². The molecule has 7 nitrogen and oxygen atoms in total. The normalized spacial score (nSPS) is 11.6. The lowest BCUT2D eigenvalue weighted by Gasteiger charge is -2.21. The third-order valence-corrected chi connectivity index (χ3v) is 6.52. The highest BCUT2D eigenvalue weighted by Crippen LogP contribution is 2.33. The van der Waals surface area contributed by atoms with E-state index in [0.717, 1.165) is 16.8 Å². The Bertz CT molecular complexity index is 1590. The molecule has 1 amide bonds. The van der Waals surface area contributed by atoms with Crippen molar-refractivity contribution in [2.24, 2.45) is 0 Å². The number of amides is 1. The Balaban J connectivity index is 0.000000299. The predicted molar refractivity (Wildman–Crippen MR) is 165 cm³/mol. The molecule has 2 aromatic carbocycles. The number of hydrogen-bond donors (Lipinski definition) is 3. The van der Waals surface area contributed by atoms with Gasteiger partial charge in [-0.3, -0.25) is 19.6 Å². The Morgan fingerprint density at radius 3 is 2.11 bits per heavy atom. The average Bonchev–Trinajstić information content (AvgIpc) is 2.99. The fraction of sp³-hybridized carbons (Fsp3) is 0.333. The monoisotopic (exact) mass is 632 g/mol. The number of carboxylic acid groups (broad SMARTS) is 1. The quantitative estimate of drug-likeness (QED) is 0.169. The summed E-state index contributed by atoms with van der Waals surface area (Å²) >= 11 is 0. The maximum absolute atomic E-state index is 13.8. The van der Waals surface area contributed by atoms with E-state index in [1.807, 2.05) is 43.7 Å². The number of aromatic nitrogens is 2. The van der Waals surface area contributed by atoms with E-state index in [2.05, 4.69) is 55.0 Å². The zero-order valence-electron chi connectivity index (χ0n) is 25.9. The van der Waals surface area contributed by atoms with Crippen molar-refractivity contribution in [3.05, 3.63) is 89.2 Å². The van der Waals surface area contributed by atoms with Gasteiger partial charge in [-0.05, 0) is 54.7 Å². The van der Waals surface area contributed by atoms with Crippen LogP contribution in [0.1, 0.15) is 68.4 Å². The van der Waals surface area contributed by atoms with Crippen LogP contribution in [0.5, 0.6) is 0 Å². The number of carboxylic acids is 1. The summed E-state index contributed by atoms with van der Waals surface area (Å²) in [6, 6.07) is 11.6. The highest BCUT2D eigenvalue weighted by molar-refractivity contribution is 5.97. The number of pyridine rings is 2. The molecule has 4 aromatic rings. The van der Waals surface area contributed by atoms with E-state index in [0.29, 0.717) is 18.1 Å². The Hall–Kier alpha value is -4.61. The zero-order chi connectivity index (χ0) is 33.9. The van der Waals surface area contributed by atoms with Crippen molar-refractivity contribution in [3.8, 4) is 11.3 Å². The summed E-state index contributed by atoms with van der Waals surface area (Å²) in [7, 11) is 0. The standard InChI is InChI=1S/C18H18N2.C13H13F5N2O3.C2H6/c1-12(2)14-6-4-10-19-17(14)16-9-8-13(3)15-7-5-11-20-18(15)16;1-2-9(13(16,17)18)20-6-3-7(14)11(8(15)4-6)12(23)19-5-10(21)22;1-2/h4-12H,1-3H3;3-4,9,20H,2,5H2,1H3,(H,19,23)(H,21,22);1-2H3. The van der Waals surface area contributed by atoms with Crippen LogP contribution < -0.4 is 10.6 Å². The Labute approximate surface area is 258 Å². The summed E-state index contributed by atoms with van der Waals surface area (Å²) in [6.07, 6.45) is -1.27. The number of nitrogens with one attached hydrogen (secondary N) is 2. The number of benzene rings is 2. The molecule has 0 spiro atoms. The molecular formula is C33H37F5N4O3. The molecule has 242 valence electrons. The van der Waals surface area contributed by atoms with Crippen LogP contribution in [0.3, 0.4) is 0 Å². The first-order chi connectivity index (χ1) is 21.2. The number of hydrogen-bond acceptors (Lipinski definition) is 5. The van der Waals surface area contributed by atoms with Crippen molar-refractivity contribution < 1.29 is 36.6 Å². The molecule has 3 N–H and O–H groups in total. The molecule has 2 heterocycles. The van der Waals surface area contributed by atoms with Gasteiger partial charge in [0.05, 0.1) is 11.2 Å². The number of halogens is 5. The van der Waals surface area contributed by atoms with E-state index in [9.17, 15) is 31.5 Å². The van der Waals surface area contributed by atoms with Crippen LogP contribution in [-0.4, -0.2) is 45.7 Å². The minimum Gasteiger partial charge on any atom is -0.480 e. The number of aliphatic carboxylic acids is 1. The summed E-state index contributed by atoms with van der Waals surface area (Å²) < 4.78 is 65.4. The molecule has 0 bridgehead atoms. The van der Waals surface area contributed by atoms with Gasteiger partial charge in [0.1, 0.15) is 29.8 Å². The summed E-state index contributed by atoms with van der Waals surface area (Å²) in [5.41, 5.74) is 4.16. The summed E-state index contributed by atoms with van der Waals surface area (Å²) in [5, 5.41) is 13.3. The number of carbonyl (C=O) groups is 2. The molecule has 0 saturated carbocycles. The minimum absolute atomic E-state index is 0.367. The molecular weight excluding hydrogens is 595 g/mol. The van der Waals surface area contributed by atoms with Gasteiger partial charge >= 0.3 is 12.1 Å². The Morgan fingerprint density at radius 2 is 1.56 bits per heavy atom. The first-order valence-electron chi connectivity index (χ1n) is 14.4. The highest BCUT2D eigenvalue weighted by atomic mass is 19.4. The number of alkyl halides is 3. The molecule has 0 saturated heterocycles. The Morgan fingerprint density at radius 1 is 0.956 bits per heavy atom. The van der Waals surface area contributed by atoms with Crippen LogP contribution in [0.25, 0.3) is 22.2 Å². The number of anilines is 1. The molecule has 2 aromatic heterocycles. The molecule has 0 fully saturated rings. The van der Waals surface area contributed by atoms with Crippen LogP contribution in [0.15, 0.2) is 60.9 Å². The van der Waals surface area contributed by atoms with Crippen molar-refractivity contribution in [1.29, 1.82) is 0 Å². The summed E-state index contributed by atoms with van der Waals surface area (Å²) in [6.45, 7) is 10.9. The van der Waals surface area contributed by atoms with Crippen LogP contribution in [0.2, 0.25) is 0 Å². The second-order valence-corrected chi connectivity index (χ2v) is 9.96. The number of fused-ring (bicyclic) bond motifs is 1. The molecule has 45 heavy (non-hydrogen) atoms. The fourth-order valence-corrected chi connectivity index (χ4v) is 4.35. The van der Waals surface area contributed by atoms with Gasteiger partial charge in [-0.2, -0.15) is 13.2 Å². The summed E-state index contributed by atoms with van der Waals surface area (Å²) in [5.74, 6) is -5.12. The van der Waals surface area contributed by atoms with Crippen LogP contribution in [0, 0.1) is 18.6 Å². The molecule has 0 aliphatic heterocycles. The van der Waals surface area contributed by atoms with E-state index in [4.69, 9.17) is 5.11 Å². The largest absolute Gasteiger partial charge is 0.480 e. The van der Waals surface area contributed by atoms with Gasteiger partial charge in [0.15, 0.2) is 0 Å². The summed E-state index contributed by atoms with van der Waals surface area (Å²) in [4.78, 5) is 31.0. The van der Waals surface area contributed by atoms with E-state index < -0.39 is 53.5 Å². The Kier molecular flexibility index (Phi) is 13.4. The topological polar surface area (TPSA) is 104 Å². The number of carbonyl (C=O) groups excluding carboxylic acids is 1. The second kappa shape index (κ2) is 16.5. The van der Waals surface area contributed by atoms with Gasteiger partial charge in [0.25, 0.3) is 5.91 Å². The highest BCUT2D eigenvalue weighted by Gasteiger charge is 2.38. The lowest BCUT2D eigenvalue weighted by atomic mass is 9.94. The molecule has 1 unspecified atom stereocenters. The van der Waals surface area contributed by atoms with Gasteiger partial charge in [-0.15, -0.1) is 0 Å². The number of aryl methyl sites for hydroxylation is 1. The number of nitrogens with zero attached hydrogens (tertiary/aromatic N) is 2. The third-order valence-electron chi connectivity index (χ3n) is 6.52. The number of rotatable bonds is 8. The maximum Gasteiger partial charge on any atom is 0.408 e. The van der Waals surface area contributed by atoms with Crippen LogP contribution in [0.4, 0.5) is 27.6 Å². The first-order valence-corrected chi connectivity index (χ1v) is 14.4. The smallest absolute Gasteiger partial charge is 0.408 e. The SMILES string of the molecule is CC.CCC(Nc1cc(F)c(C(=O)NCC(=O)O)c(F)c1)C(F)(F)F.Cc1ccc(-c2ncccc2C(C)C)c2ncccc12. The van der Waals surface area contributed by atoms with Gasteiger partial charge in [-0.1, -0.05) is 58.9 Å². The predicted octanol–water partition coefficient (Wildman–Crippen LogP) is 8.29. The first kappa shape index (κ1) is 36.6. The molecule has 0 aliphatic carbocycles. The second-order valence-electron chi connectivity index (χ2n) is 9.96. The lowest BCUT2D eigenvalue weighted by Crippen LogP contribution is -2.35. The zero-order valence-corrected chi connectivity index (χ0v) is 25.9. The van der Waals surface area contributed by atoms with Gasteiger partial charge in [0, 0.05) is 29.0 Å². The van der Waals surface area contributed by atoms with E-state index in [-0.39, 0.29) is 6.42 Å². The van der Waals surface area contributed by atoms with Crippen molar-refractivity contribution in [2.45, 2.75) is 66.1 Å². The minimum atomic E-state index is -4.61. The van der Waals surface area contributed by atoms with Crippen LogP contribution >= 0.6 is 0 Å². The van der Waals surface area contributed by atoms with Crippen molar-refractivity contribution >= 4 is 28.5 Å². The molecule has 0 radical (unpaired) electrons. The van der Waals surface area contributed by atoms with Crippen molar-refractivity contribution in [1.82, 2.24) is 15.3 Å². The van der Waals surface area contributed by atoms with E-state index in [1.165, 1.54) is 23.4 Å². The fourth-order valence-electron chi connectivity index (χ4n) is 4.35. The van der Waals surface area contributed by atoms with Gasteiger partial charge < -0.3 is 15.7 Å². The maximum atomic E-state index is 13.8. The van der Waals surface area contributed by atoms with E-state index in [1.54, 1.807) is 5.32 Å². The molecule has 0 aliphatic rings. The molecule has 4 rings (SSSR count). The van der Waals surface area contributed by atoms with Gasteiger partial charge in [-0.25, -0.2) is 8.78 Å². The average molecular weight is 633 g/mol. The molecule has 1 atom stereocenters. The van der Waals surface area contributed by atoms with E-state index >= 15 is 0 Å². The molecule has 12 heteroatoms. The van der Waals surface area contributed by atoms with Gasteiger partial charge in [0.2, 0.25) is 0 Å². The third kappa shape index (κ3) is 9.69. The lowest BCUT2D eigenvalue weighted by molar-refractivity contribution is -0.143. The van der Waals surface area contributed by atoms with Crippen molar-refractivity contribution in [2.75, 3.05) is 11.9 Å². The van der Waals surface area contributed by atoms with Crippen LogP contribution in [-0.2, 0) is 4.79 Å².